The molecule has 0 unspecified atom stereocenters. The van der Waals surface area contributed by atoms with Gasteiger partial charge in [-0.2, -0.15) is 0 Å². The van der Waals surface area contributed by atoms with Gasteiger partial charge < -0.3 is 10.5 Å². The quantitative estimate of drug-likeness (QED) is 0.669. The van der Waals surface area contributed by atoms with Crippen LogP contribution in [0.2, 0.25) is 0 Å². The smallest absolute Gasteiger partial charge is 0.163 e. The van der Waals surface area contributed by atoms with Crippen LogP contribution < -0.4 is 10.5 Å². The third kappa shape index (κ3) is 2.26. The molecule has 0 bridgehead atoms. The fraction of sp³-hybridized carbons (Fsp3) is 0.300. The number of nitrogens with two attached hydrogens (primary N) is 1. The maximum Gasteiger partial charge on any atom is 0.163 e. The van der Waals surface area contributed by atoms with Gasteiger partial charge in [-0.15, -0.1) is 0 Å². The van der Waals surface area contributed by atoms with E-state index in [1.54, 1.807) is 12.1 Å². The van der Waals surface area contributed by atoms with Gasteiger partial charge in [0.15, 0.2) is 5.78 Å². The zero-order chi connectivity index (χ0) is 10.7. The molecule has 4 heteroatoms. The minimum absolute atomic E-state index is 0.0485. The van der Waals surface area contributed by atoms with E-state index in [0.29, 0.717) is 23.6 Å². The molecule has 0 aliphatic carbocycles. The lowest BCUT2D eigenvalue weighted by molar-refractivity contribution is 0.101. The number of halogens is 1. The second-order valence-electron chi connectivity index (χ2n) is 2.86. The summed E-state index contributed by atoms with van der Waals surface area (Å²) in [4.78, 5) is 11.3. The lowest BCUT2D eigenvalue weighted by atomic mass is 10.1. The van der Waals surface area contributed by atoms with Crippen molar-refractivity contribution in [1.82, 2.24) is 0 Å². The highest BCUT2D eigenvalue weighted by Gasteiger charge is 2.11. The number of hydrogen-bond acceptors (Lipinski definition) is 3. The first-order chi connectivity index (χ1) is 6.56. The van der Waals surface area contributed by atoms with Gasteiger partial charge in [-0.25, -0.2) is 0 Å². The van der Waals surface area contributed by atoms with Crippen molar-refractivity contribution in [3.8, 4) is 5.75 Å². The SMILES string of the molecule is CCOc1cc(Br)c(N)cc1C(C)=O. The molecule has 0 atom stereocenters. The van der Waals surface area contributed by atoms with Crippen LogP contribution in [0.15, 0.2) is 16.6 Å². The van der Waals surface area contributed by atoms with Crippen LogP contribution in [-0.2, 0) is 0 Å². The zero-order valence-electron chi connectivity index (χ0n) is 8.13. The van der Waals surface area contributed by atoms with Gasteiger partial charge in [-0.3, -0.25) is 4.79 Å². The van der Waals surface area contributed by atoms with Crippen molar-refractivity contribution in [3.63, 3.8) is 0 Å². The molecule has 1 aromatic carbocycles. The van der Waals surface area contributed by atoms with Crippen LogP contribution >= 0.6 is 15.9 Å². The van der Waals surface area contributed by atoms with Crippen molar-refractivity contribution in [1.29, 1.82) is 0 Å². The van der Waals surface area contributed by atoms with E-state index in [2.05, 4.69) is 15.9 Å². The molecule has 0 radical (unpaired) electrons. The molecular weight excluding hydrogens is 246 g/mol. The molecule has 1 aromatic rings. The van der Waals surface area contributed by atoms with Crippen LogP contribution in [0.25, 0.3) is 0 Å². The Kier molecular flexibility index (Phi) is 3.52. The molecule has 1 rings (SSSR count). The van der Waals surface area contributed by atoms with Crippen LogP contribution in [0.3, 0.4) is 0 Å². The zero-order valence-corrected chi connectivity index (χ0v) is 9.72. The normalized spacial score (nSPS) is 9.93. The monoisotopic (exact) mass is 257 g/mol. The van der Waals surface area contributed by atoms with E-state index in [4.69, 9.17) is 10.5 Å². The average molecular weight is 258 g/mol. The van der Waals surface area contributed by atoms with E-state index in [9.17, 15) is 4.79 Å². The average Bonchev–Trinajstić information content (AvgIpc) is 2.11. The lowest BCUT2D eigenvalue weighted by Crippen LogP contribution is -2.02. The van der Waals surface area contributed by atoms with Gasteiger partial charge >= 0.3 is 0 Å². The first kappa shape index (κ1) is 11.0. The molecule has 3 nitrogen and oxygen atoms in total. The Labute approximate surface area is 91.4 Å². The summed E-state index contributed by atoms with van der Waals surface area (Å²) in [5, 5.41) is 0. The van der Waals surface area contributed by atoms with E-state index in [0.717, 1.165) is 4.47 Å². The van der Waals surface area contributed by atoms with E-state index in [-0.39, 0.29) is 5.78 Å². The summed E-state index contributed by atoms with van der Waals surface area (Å²) >= 11 is 3.28. The first-order valence-electron chi connectivity index (χ1n) is 4.29. The Bertz CT molecular complexity index is 363. The fourth-order valence-corrected chi connectivity index (χ4v) is 1.44. The number of carbonyl (C=O) groups excluding carboxylic acids is 1. The van der Waals surface area contributed by atoms with E-state index in [1.807, 2.05) is 6.92 Å². The van der Waals surface area contributed by atoms with Gasteiger partial charge in [-0.05, 0) is 41.9 Å². The summed E-state index contributed by atoms with van der Waals surface area (Å²) in [5.74, 6) is 0.522. The minimum Gasteiger partial charge on any atom is -0.493 e. The molecule has 2 N–H and O–H groups in total. The molecule has 0 saturated heterocycles. The number of ketones is 1. The number of anilines is 1. The molecule has 0 aliphatic heterocycles. The molecule has 0 fully saturated rings. The number of rotatable bonds is 3. The number of benzene rings is 1. The Morgan fingerprint density at radius 3 is 2.71 bits per heavy atom. The molecular formula is C10H12BrNO2. The molecule has 0 aromatic heterocycles. The largest absolute Gasteiger partial charge is 0.493 e. The predicted molar refractivity (Wildman–Crippen MR) is 59.7 cm³/mol. The Morgan fingerprint density at radius 1 is 1.57 bits per heavy atom. The van der Waals surface area contributed by atoms with Crippen molar-refractivity contribution in [2.24, 2.45) is 0 Å². The van der Waals surface area contributed by atoms with Crippen molar-refractivity contribution in [2.45, 2.75) is 13.8 Å². The number of carbonyl (C=O) groups is 1. The summed E-state index contributed by atoms with van der Waals surface area (Å²) < 4.78 is 6.07. The Hall–Kier alpha value is -1.03. The van der Waals surface area contributed by atoms with Crippen molar-refractivity contribution >= 4 is 27.4 Å². The Morgan fingerprint density at radius 2 is 2.21 bits per heavy atom. The third-order valence-electron chi connectivity index (χ3n) is 1.78. The van der Waals surface area contributed by atoms with E-state index < -0.39 is 0 Å². The van der Waals surface area contributed by atoms with Gasteiger partial charge in [0.25, 0.3) is 0 Å². The summed E-state index contributed by atoms with van der Waals surface area (Å²) in [6, 6.07) is 3.34. The predicted octanol–water partition coefficient (Wildman–Crippen LogP) is 2.63. The van der Waals surface area contributed by atoms with Gasteiger partial charge in [0.2, 0.25) is 0 Å². The summed E-state index contributed by atoms with van der Waals surface area (Å²) in [5.41, 5.74) is 6.73. The standard InChI is InChI=1S/C10H12BrNO2/c1-3-14-10-5-8(11)9(12)4-7(10)6(2)13/h4-5H,3,12H2,1-2H3. The van der Waals surface area contributed by atoms with Crippen LogP contribution in [0, 0.1) is 0 Å². The van der Waals surface area contributed by atoms with Crippen LogP contribution in [-0.4, -0.2) is 12.4 Å². The second-order valence-corrected chi connectivity index (χ2v) is 3.71. The van der Waals surface area contributed by atoms with Crippen molar-refractivity contribution < 1.29 is 9.53 Å². The summed E-state index contributed by atoms with van der Waals surface area (Å²) in [6.45, 7) is 3.88. The molecule has 0 aliphatic rings. The van der Waals surface area contributed by atoms with Crippen molar-refractivity contribution in [3.05, 3.63) is 22.2 Å². The van der Waals surface area contributed by atoms with Crippen LogP contribution in [0.5, 0.6) is 5.75 Å². The van der Waals surface area contributed by atoms with Gasteiger partial charge in [0.1, 0.15) is 5.75 Å². The highest BCUT2D eigenvalue weighted by Crippen LogP contribution is 2.29. The third-order valence-corrected chi connectivity index (χ3v) is 2.46. The van der Waals surface area contributed by atoms with Crippen LogP contribution in [0.1, 0.15) is 24.2 Å². The van der Waals surface area contributed by atoms with Gasteiger partial charge in [0, 0.05) is 10.2 Å². The van der Waals surface area contributed by atoms with E-state index >= 15 is 0 Å². The number of Topliss-reactive ketones (excluding diaryl/α,β-unsaturated/α-hetero) is 1. The summed E-state index contributed by atoms with van der Waals surface area (Å²) in [7, 11) is 0. The number of ether oxygens (including phenoxy) is 1. The minimum atomic E-state index is -0.0485. The van der Waals surface area contributed by atoms with E-state index in [1.165, 1.54) is 6.92 Å². The highest BCUT2D eigenvalue weighted by molar-refractivity contribution is 9.10. The first-order valence-corrected chi connectivity index (χ1v) is 5.08. The topological polar surface area (TPSA) is 52.3 Å². The maximum atomic E-state index is 11.3. The second kappa shape index (κ2) is 4.46. The molecule has 0 amide bonds. The number of nitrogen functional groups attached to an aromatic ring is 1. The summed E-state index contributed by atoms with van der Waals surface area (Å²) in [6.07, 6.45) is 0. The Balaban J connectivity index is 3.24. The van der Waals surface area contributed by atoms with Gasteiger partial charge in [-0.1, -0.05) is 0 Å². The molecule has 76 valence electrons. The van der Waals surface area contributed by atoms with Gasteiger partial charge in [0.05, 0.1) is 12.2 Å². The highest BCUT2D eigenvalue weighted by atomic mass is 79.9. The molecule has 0 heterocycles. The number of hydrogen-bond donors (Lipinski definition) is 1. The van der Waals surface area contributed by atoms with Crippen LogP contribution in [0.4, 0.5) is 5.69 Å². The molecule has 0 saturated carbocycles. The molecule has 0 spiro atoms. The maximum absolute atomic E-state index is 11.3. The fourth-order valence-electron chi connectivity index (χ4n) is 1.12. The molecule has 14 heavy (non-hydrogen) atoms. The van der Waals surface area contributed by atoms with Crippen molar-refractivity contribution in [2.75, 3.05) is 12.3 Å². The lowest BCUT2D eigenvalue weighted by Gasteiger charge is -2.09.